The fourth-order valence-corrected chi connectivity index (χ4v) is 1.38. The van der Waals surface area contributed by atoms with E-state index in [1.54, 1.807) is 7.11 Å². The van der Waals surface area contributed by atoms with Crippen molar-refractivity contribution in [3.05, 3.63) is 35.4 Å². The Morgan fingerprint density at radius 1 is 0.677 bits per heavy atom. The van der Waals surface area contributed by atoms with Crippen LogP contribution in [0.25, 0.3) is 0 Å². The van der Waals surface area contributed by atoms with Crippen LogP contribution in [0.5, 0.6) is 0 Å². The fourth-order valence-electron chi connectivity index (χ4n) is 1.38. The molecule has 0 bridgehead atoms. The van der Waals surface area contributed by atoms with Gasteiger partial charge in [0.25, 0.3) is 0 Å². The van der Waals surface area contributed by atoms with Crippen molar-refractivity contribution in [2.45, 2.75) is 72.5 Å². The monoisotopic (exact) mass is 540 g/mol. The van der Waals surface area contributed by atoms with Crippen LogP contribution in [0.2, 0.25) is 0 Å². The average Bonchev–Trinajstić information content (AvgIpc) is 2.71. The van der Waals surface area contributed by atoms with Crippen molar-refractivity contribution in [1.29, 1.82) is 0 Å². The Hall–Kier alpha value is -0.377. The van der Waals surface area contributed by atoms with Crippen LogP contribution in [-0.2, 0) is 40.7 Å². The van der Waals surface area contributed by atoms with Gasteiger partial charge in [0.2, 0.25) is 0 Å². The molecule has 5 nitrogen and oxygen atoms in total. The topological polar surface area (TPSA) is 90.2 Å². The van der Waals surface area contributed by atoms with Gasteiger partial charge in [0.1, 0.15) is 0 Å². The van der Waals surface area contributed by atoms with E-state index in [2.05, 4.69) is 20.8 Å². The van der Waals surface area contributed by atoms with E-state index in [0.29, 0.717) is 26.4 Å². The van der Waals surface area contributed by atoms with E-state index in [1.807, 2.05) is 24.3 Å². The summed E-state index contributed by atoms with van der Waals surface area (Å²) < 4.78 is 44.5. The van der Waals surface area contributed by atoms with Crippen molar-refractivity contribution in [3.63, 3.8) is 0 Å². The summed E-state index contributed by atoms with van der Waals surface area (Å²) >= 11 is -7.18. The van der Waals surface area contributed by atoms with Crippen molar-refractivity contribution in [1.82, 2.24) is 0 Å². The third-order valence-corrected chi connectivity index (χ3v) is 3.05. The van der Waals surface area contributed by atoms with E-state index in [9.17, 15) is 10.5 Å². The maximum atomic E-state index is 9.90. The number of hydrogen-bond donors (Lipinski definition) is 4. The molecule has 0 unspecified atom stereocenters. The molecule has 1 rings (SSSR count). The Bertz CT molecular complexity index is 395. The van der Waals surface area contributed by atoms with Gasteiger partial charge in [-0.05, 0) is 30.4 Å². The van der Waals surface area contributed by atoms with Gasteiger partial charge < -0.3 is 25.2 Å². The Balaban J connectivity index is -0.000000157. The molecule has 10 heteroatoms. The van der Waals surface area contributed by atoms with Gasteiger partial charge in [-0.1, -0.05) is 64.3 Å². The molecule has 0 aromatic heterocycles. The van der Waals surface area contributed by atoms with Gasteiger partial charge >= 0.3 is 33.2 Å². The SMILES string of the molecule is CCCCO.CCCCO.CCCCO.COCc1ccc(CO)cc1.[F][Zr]([F])([F])[F]. The van der Waals surface area contributed by atoms with Crippen molar-refractivity contribution in [3.8, 4) is 0 Å². The molecule has 0 heterocycles. The molecule has 0 amide bonds. The van der Waals surface area contributed by atoms with Crippen molar-refractivity contribution >= 4 is 0 Å². The third kappa shape index (κ3) is 53.1. The quantitative estimate of drug-likeness (QED) is 0.317. The first-order valence-electron chi connectivity index (χ1n) is 10.4. The second kappa shape index (κ2) is 31.8. The van der Waals surface area contributed by atoms with Gasteiger partial charge in [-0.2, -0.15) is 0 Å². The molecule has 31 heavy (non-hydrogen) atoms. The van der Waals surface area contributed by atoms with E-state index in [1.165, 1.54) is 0 Å². The van der Waals surface area contributed by atoms with Crippen molar-refractivity contribution in [2.24, 2.45) is 0 Å². The summed E-state index contributed by atoms with van der Waals surface area (Å²) in [5.74, 6) is 0. The molecule has 0 aliphatic carbocycles. The predicted octanol–water partition coefficient (Wildman–Crippen LogP) is 5.34. The summed E-state index contributed by atoms with van der Waals surface area (Å²) in [6.45, 7) is 7.92. The first kappa shape index (κ1) is 37.9. The second-order valence-electron chi connectivity index (χ2n) is 6.07. The van der Waals surface area contributed by atoms with E-state index < -0.39 is 22.7 Å². The number of unbranched alkanes of at least 4 members (excludes halogenated alkanes) is 3. The summed E-state index contributed by atoms with van der Waals surface area (Å²) in [4.78, 5) is 0. The molecule has 0 aliphatic rings. The summed E-state index contributed by atoms with van der Waals surface area (Å²) in [6.07, 6.45) is 6.11. The van der Waals surface area contributed by atoms with Gasteiger partial charge in [-0.25, -0.2) is 0 Å². The standard InChI is InChI=1S/C9H12O2.3C4H10O.4FH.Zr/c1-11-7-9-4-2-8(6-10)3-5-9;3*1-2-3-4-5;;;;;/h2-5,10H,6-7H2,1H3;3*5H,2-4H2,1H3;4*1H;/q;;;;;;;;+4/p-4. The van der Waals surface area contributed by atoms with Gasteiger partial charge in [0.05, 0.1) is 13.2 Å². The molecule has 0 saturated carbocycles. The molecular formula is C21H42F4O5Zr. The van der Waals surface area contributed by atoms with Gasteiger partial charge in [0, 0.05) is 26.9 Å². The number of aliphatic hydroxyl groups is 4. The zero-order valence-corrected chi connectivity index (χ0v) is 21.8. The summed E-state index contributed by atoms with van der Waals surface area (Å²) in [6, 6.07) is 7.70. The zero-order chi connectivity index (χ0) is 25.0. The second-order valence-corrected chi connectivity index (χ2v) is 8.17. The molecular weight excluding hydrogens is 499 g/mol. The fraction of sp³-hybridized carbons (Fsp3) is 0.714. The Morgan fingerprint density at radius 2 is 0.968 bits per heavy atom. The van der Waals surface area contributed by atoms with Crippen LogP contribution in [0.3, 0.4) is 0 Å². The number of aliphatic hydroxyl groups excluding tert-OH is 4. The Morgan fingerprint density at radius 3 is 1.13 bits per heavy atom. The average molecular weight is 542 g/mol. The molecule has 1 aromatic carbocycles. The van der Waals surface area contributed by atoms with Crippen molar-refractivity contribution < 1.29 is 58.4 Å². The first-order chi connectivity index (χ1) is 14.6. The summed E-state index contributed by atoms with van der Waals surface area (Å²) in [7, 11) is 1.67. The van der Waals surface area contributed by atoms with Crippen LogP contribution < -0.4 is 0 Å². The van der Waals surface area contributed by atoms with E-state index in [4.69, 9.17) is 25.2 Å². The van der Waals surface area contributed by atoms with Crippen LogP contribution >= 0.6 is 0 Å². The number of hydrogen-bond acceptors (Lipinski definition) is 5. The Labute approximate surface area is 193 Å². The van der Waals surface area contributed by atoms with Crippen molar-refractivity contribution in [2.75, 3.05) is 26.9 Å². The summed E-state index contributed by atoms with van der Waals surface area (Å²) in [5, 5.41) is 32.9. The minimum atomic E-state index is -7.18. The normalized spacial score (nSPS) is 9.55. The van der Waals surface area contributed by atoms with E-state index in [0.717, 1.165) is 49.7 Å². The van der Waals surface area contributed by atoms with Gasteiger partial charge in [-0.15, -0.1) is 0 Å². The molecule has 0 saturated heterocycles. The molecule has 4 N–H and O–H groups in total. The minimum absolute atomic E-state index is 0.104. The maximum absolute atomic E-state index is 9.90. The Kier molecular flexibility index (Phi) is 38.9. The number of benzene rings is 1. The first-order valence-corrected chi connectivity index (χ1v) is 14.1. The third-order valence-electron chi connectivity index (χ3n) is 3.05. The van der Waals surface area contributed by atoms with Gasteiger partial charge in [-0.3, -0.25) is 0 Å². The zero-order valence-electron chi connectivity index (χ0n) is 19.3. The summed E-state index contributed by atoms with van der Waals surface area (Å²) in [5.41, 5.74) is 2.06. The van der Waals surface area contributed by atoms with Crippen LogP contribution in [0.15, 0.2) is 24.3 Å². The predicted molar refractivity (Wildman–Crippen MR) is 113 cm³/mol. The molecule has 0 atom stereocenters. The van der Waals surface area contributed by atoms with Crippen LogP contribution in [0.1, 0.15) is 70.4 Å². The number of rotatable bonds is 9. The van der Waals surface area contributed by atoms with Gasteiger partial charge in [0.15, 0.2) is 0 Å². The molecule has 0 radical (unpaired) electrons. The molecule has 0 spiro atoms. The van der Waals surface area contributed by atoms with E-state index >= 15 is 0 Å². The molecule has 0 aliphatic heterocycles. The van der Waals surface area contributed by atoms with Crippen LogP contribution in [0, 0.1) is 0 Å². The number of ether oxygens (including phenoxy) is 1. The molecule has 0 fully saturated rings. The van der Waals surface area contributed by atoms with Crippen LogP contribution in [0.4, 0.5) is 10.5 Å². The van der Waals surface area contributed by atoms with Crippen LogP contribution in [-0.4, -0.2) is 47.4 Å². The number of methoxy groups -OCH3 is 1. The van der Waals surface area contributed by atoms with E-state index in [-0.39, 0.29) is 6.61 Å². The molecule has 188 valence electrons. The number of halogens is 4. The molecule has 1 aromatic rings.